The maximum Gasteiger partial charge on any atom is 0.221 e. The number of carbonyl (C=O) groups is 1. The highest BCUT2D eigenvalue weighted by Gasteiger charge is 2.14. The summed E-state index contributed by atoms with van der Waals surface area (Å²) in [4.78, 5) is 11.1. The summed E-state index contributed by atoms with van der Waals surface area (Å²) in [6, 6.07) is 5.39. The van der Waals surface area contributed by atoms with Crippen molar-refractivity contribution in [3.63, 3.8) is 0 Å². The van der Waals surface area contributed by atoms with E-state index in [-0.39, 0.29) is 5.91 Å². The largest absolute Gasteiger partial charge is 0.388 e. The Morgan fingerprint density at radius 1 is 1.62 bits per heavy atom. The van der Waals surface area contributed by atoms with E-state index in [4.69, 9.17) is 5.73 Å². The van der Waals surface area contributed by atoms with Crippen molar-refractivity contribution in [1.82, 2.24) is 0 Å². The summed E-state index contributed by atoms with van der Waals surface area (Å²) in [5.74, 6) is -0.173. The van der Waals surface area contributed by atoms with Gasteiger partial charge in [0, 0.05) is 17.0 Å². The minimum Gasteiger partial charge on any atom is -0.388 e. The van der Waals surface area contributed by atoms with Crippen molar-refractivity contribution in [1.29, 1.82) is 0 Å². The zero-order valence-corrected chi connectivity index (χ0v) is 10.6. The van der Waals surface area contributed by atoms with Gasteiger partial charge in [0.1, 0.15) is 0 Å². The van der Waals surface area contributed by atoms with Gasteiger partial charge >= 0.3 is 0 Å². The predicted molar refractivity (Wildman–Crippen MR) is 67.1 cm³/mol. The van der Waals surface area contributed by atoms with E-state index in [1.54, 1.807) is 6.07 Å². The van der Waals surface area contributed by atoms with E-state index in [9.17, 15) is 9.90 Å². The average Bonchev–Trinajstić information content (AvgIpc) is 2.20. The van der Waals surface area contributed by atoms with E-state index in [1.165, 1.54) is 6.92 Å². The Morgan fingerprint density at radius 3 is 2.88 bits per heavy atom. The number of anilines is 1. The molecule has 0 aromatic heterocycles. The molecule has 88 valence electrons. The summed E-state index contributed by atoms with van der Waals surface area (Å²) in [7, 11) is 0. The summed E-state index contributed by atoms with van der Waals surface area (Å²) in [5.41, 5.74) is 6.68. The van der Waals surface area contributed by atoms with Crippen molar-refractivity contribution < 1.29 is 9.90 Å². The summed E-state index contributed by atoms with van der Waals surface area (Å²) >= 11 is 3.34. The van der Waals surface area contributed by atoms with Crippen LogP contribution in [0.3, 0.4) is 0 Å². The smallest absolute Gasteiger partial charge is 0.221 e. The quantitative estimate of drug-likeness (QED) is 0.790. The Balaban J connectivity index is 3.06. The topological polar surface area (TPSA) is 75.3 Å². The lowest BCUT2D eigenvalue weighted by atomic mass is 10.0. The normalized spacial score (nSPS) is 12.2. The maximum atomic E-state index is 11.1. The molecule has 1 unspecified atom stereocenters. The molecule has 0 aliphatic rings. The van der Waals surface area contributed by atoms with Crippen LogP contribution in [-0.2, 0) is 4.79 Å². The van der Waals surface area contributed by atoms with Gasteiger partial charge in [-0.3, -0.25) is 4.79 Å². The monoisotopic (exact) mass is 286 g/mol. The van der Waals surface area contributed by atoms with Gasteiger partial charge in [0.15, 0.2) is 0 Å². The van der Waals surface area contributed by atoms with E-state index in [0.29, 0.717) is 24.2 Å². The SMILES string of the molecule is CC(=O)Nc1c(Br)cccc1C(O)CCN. The van der Waals surface area contributed by atoms with Crippen LogP contribution in [0, 0.1) is 0 Å². The summed E-state index contributed by atoms with van der Waals surface area (Å²) in [6.07, 6.45) is -0.201. The van der Waals surface area contributed by atoms with Gasteiger partial charge in [0.2, 0.25) is 5.91 Å². The number of aliphatic hydroxyl groups excluding tert-OH is 1. The van der Waals surface area contributed by atoms with E-state index >= 15 is 0 Å². The molecule has 16 heavy (non-hydrogen) atoms. The number of amides is 1. The first kappa shape index (κ1) is 13.2. The van der Waals surface area contributed by atoms with Crippen molar-refractivity contribution in [2.24, 2.45) is 5.73 Å². The number of rotatable bonds is 4. The number of benzene rings is 1. The highest BCUT2D eigenvalue weighted by Crippen LogP contribution is 2.31. The molecule has 0 saturated carbocycles. The fourth-order valence-electron chi connectivity index (χ4n) is 1.44. The van der Waals surface area contributed by atoms with Crippen molar-refractivity contribution in [3.8, 4) is 0 Å². The van der Waals surface area contributed by atoms with Crippen molar-refractivity contribution in [2.75, 3.05) is 11.9 Å². The maximum absolute atomic E-state index is 11.1. The summed E-state index contributed by atoms with van der Waals surface area (Å²) in [5, 5.41) is 12.6. The van der Waals surface area contributed by atoms with E-state index in [0.717, 1.165) is 4.47 Å². The molecule has 0 radical (unpaired) electrons. The van der Waals surface area contributed by atoms with Gasteiger partial charge in [0.25, 0.3) is 0 Å². The number of nitrogens with one attached hydrogen (secondary N) is 1. The zero-order valence-electron chi connectivity index (χ0n) is 9.03. The first-order chi connectivity index (χ1) is 7.56. The number of halogens is 1. The second-order valence-corrected chi connectivity index (χ2v) is 4.33. The third-order valence-electron chi connectivity index (χ3n) is 2.15. The third kappa shape index (κ3) is 3.30. The molecular weight excluding hydrogens is 272 g/mol. The number of hydrogen-bond donors (Lipinski definition) is 3. The Labute approximate surface area is 103 Å². The predicted octanol–water partition coefficient (Wildman–Crippen LogP) is 1.79. The van der Waals surface area contributed by atoms with Crippen LogP contribution in [0.2, 0.25) is 0 Å². The van der Waals surface area contributed by atoms with Gasteiger partial charge in [-0.05, 0) is 35.0 Å². The molecule has 0 saturated heterocycles. The van der Waals surface area contributed by atoms with Crippen molar-refractivity contribution >= 4 is 27.5 Å². The molecule has 1 aromatic carbocycles. The molecule has 5 heteroatoms. The Bertz CT molecular complexity index is 382. The van der Waals surface area contributed by atoms with Crippen LogP contribution in [0.4, 0.5) is 5.69 Å². The molecule has 0 fully saturated rings. The molecule has 0 bridgehead atoms. The lowest BCUT2D eigenvalue weighted by Gasteiger charge is -2.16. The van der Waals surface area contributed by atoms with Gasteiger partial charge < -0.3 is 16.2 Å². The molecule has 0 heterocycles. The van der Waals surface area contributed by atoms with Crippen LogP contribution in [-0.4, -0.2) is 17.6 Å². The van der Waals surface area contributed by atoms with Crippen LogP contribution >= 0.6 is 15.9 Å². The van der Waals surface area contributed by atoms with Crippen LogP contribution in [0.5, 0.6) is 0 Å². The lowest BCUT2D eigenvalue weighted by molar-refractivity contribution is -0.114. The van der Waals surface area contributed by atoms with E-state index in [1.807, 2.05) is 12.1 Å². The minimum atomic E-state index is -0.663. The second-order valence-electron chi connectivity index (χ2n) is 3.48. The molecule has 1 amide bonds. The van der Waals surface area contributed by atoms with Gasteiger partial charge in [-0.15, -0.1) is 0 Å². The van der Waals surface area contributed by atoms with E-state index in [2.05, 4.69) is 21.2 Å². The molecule has 1 rings (SSSR count). The molecule has 0 spiro atoms. The number of hydrogen-bond acceptors (Lipinski definition) is 3. The molecule has 1 atom stereocenters. The fourth-order valence-corrected chi connectivity index (χ4v) is 1.92. The molecule has 0 aliphatic heterocycles. The molecule has 4 N–H and O–H groups in total. The van der Waals surface area contributed by atoms with E-state index < -0.39 is 6.10 Å². The first-order valence-corrected chi connectivity index (χ1v) is 5.79. The molecule has 0 aliphatic carbocycles. The Morgan fingerprint density at radius 2 is 2.31 bits per heavy atom. The summed E-state index contributed by atoms with van der Waals surface area (Å²) < 4.78 is 0.747. The van der Waals surface area contributed by atoms with Gasteiger partial charge in [0.05, 0.1) is 11.8 Å². The number of aliphatic hydroxyl groups is 1. The molecule has 1 aromatic rings. The average molecular weight is 287 g/mol. The van der Waals surface area contributed by atoms with Crippen LogP contribution in [0.1, 0.15) is 25.0 Å². The number of para-hydroxylation sites is 1. The lowest BCUT2D eigenvalue weighted by Crippen LogP contribution is -2.13. The highest BCUT2D eigenvalue weighted by molar-refractivity contribution is 9.10. The first-order valence-electron chi connectivity index (χ1n) is 5.00. The number of nitrogens with two attached hydrogens (primary N) is 1. The van der Waals surface area contributed by atoms with Gasteiger partial charge in [-0.25, -0.2) is 0 Å². The zero-order chi connectivity index (χ0) is 12.1. The third-order valence-corrected chi connectivity index (χ3v) is 2.81. The fraction of sp³-hybridized carbons (Fsp3) is 0.364. The van der Waals surface area contributed by atoms with Crippen LogP contribution in [0.25, 0.3) is 0 Å². The summed E-state index contributed by atoms with van der Waals surface area (Å²) in [6.45, 7) is 1.83. The minimum absolute atomic E-state index is 0.173. The standard InChI is InChI=1S/C11H15BrN2O2/c1-7(15)14-11-8(10(16)5-6-13)3-2-4-9(11)12/h2-4,10,16H,5-6,13H2,1H3,(H,14,15). The molecular formula is C11H15BrN2O2. The van der Waals surface area contributed by atoms with Crippen molar-refractivity contribution in [3.05, 3.63) is 28.2 Å². The Hall–Kier alpha value is -0.910. The van der Waals surface area contributed by atoms with Crippen LogP contribution in [0.15, 0.2) is 22.7 Å². The van der Waals surface area contributed by atoms with Gasteiger partial charge in [-0.2, -0.15) is 0 Å². The van der Waals surface area contributed by atoms with Crippen LogP contribution < -0.4 is 11.1 Å². The second kappa shape index (κ2) is 5.98. The van der Waals surface area contributed by atoms with Gasteiger partial charge in [-0.1, -0.05) is 12.1 Å². The molecule has 4 nitrogen and oxygen atoms in total. The number of carbonyl (C=O) groups excluding carboxylic acids is 1. The highest BCUT2D eigenvalue weighted by atomic mass is 79.9. The Kier molecular flexibility index (Phi) is 4.92. The van der Waals surface area contributed by atoms with Crippen molar-refractivity contribution in [2.45, 2.75) is 19.4 Å².